The first kappa shape index (κ1) is 10.2. The Bertz CT molecular complexity index is 132. The van der Waals surface area contributed by atoms with Crippen LogP contribution in [0.3, 0.4) is 0 Å². The van der Waals surface area contributed by atoms with Gasteiger partial charge in [0.1, 0.15) is 10.6 Å². The number of rotatable bonds is 3. The van der Waals surface area contributed by atoms with Gasteiger partial charge in [-0.05, 0) is 13.8 Å². The minimum Gasteiger partial charge on any atom is -0.372 e. The molecule has 0 aromatic carbocycles. The molecule has 0 spiro atoms. The summed E-state index contributed by atoms with van der Waals surface area (Å²) < 4.78 is 17.1. The summed E-state index contributed by atoms with van der Waals surface area (Å²) in [6, 6.07) is 0. The Kier molecular flexibility index (Phi) is 5.04. The minimum absolute atomic E-state index is 0.360. The van der Waals surface area contributed by atoms with Gasteiger partial charge in [-0.15, -0.1) is 0 Å². The Labute approximate surface area is 69.8 Å². The highest BCUT2D eigenvalue weighted by atomic mass is 35.5. The van der Waals surface area contributed by atoms with E-state index in [1.54, 1.807) is 13.8 Å². The van der Waals surface area contributed by atoms with Gasteiger partial charge in [0.2, 0.25) is 0 Å². The van der Waals surface area contributed by atoms with Gasteiger partial charge in [-0.1, -0.05) is 23.2 Å². The zero-order valence-corrected chi connectivity index (χ0v) is 7.34. The first-order valence-electron chi connectivity index (χ1n) is 2.91. The zero-order valence-electron chi connectivity index (χ0n) is 5.83. The molecule has 1 unspecified atom stereocenters. The van der Waals surface area contributed by atoms with E-state index in [-0.39, 0.29) is 4.49 Å². The summed E-state index contributed by atoms with van der Waals surface area (Å²) in [4.78, 5) is 0. The van der Waals surface area contributed by atoms with Crippen molar-refractivity contribution < 1.29 is 9.13 Å². The third-order valence-corrected chi connectivity index (χ3v) is 1.32. The number of hydrogen-bond donors (Lipinski definition) is 0. The van der Waals surface area contributed by atoms with E-state index in [1.165, 1.54) is 0 Å². The lowest BCUT2D eigenvalue weighted by molar-refractivity contribution is 0.0854. The van der Waals surface area contributed by atoms with Gasteiger partial charge < -0.3 is 4.74 Å². The molecule has 60 valence electrons. The summed E-state index contributed by atoms with van der Waals surface area (Å²) in [5.41, 5.74) is 0. The smallest absolute Gasteiger partial charge is 0.158 e. The SMILES string of the molecule is CCOC(C)C(F)=C(Cl)Cl. The Hall–Kier alpha value is 0.210. The van der Waals surface area contributed by atoms with Gasteiger partial charge in [0.25, 0.3) is 0 Å². The average Bonchev–Trinajstić information content (AvgIpc) is 1.87. The first-order valence-corrected chi connectivity index (χ1v) is 3.67. The van der Waals surface area contributed by atoms with Crippen LogP contribution in [0.1, 0.15) is 13.8 Å². The largest absolute Gasteiger partial charge is 0.372 e. The zero-order chi connectivity index (χ0) is 8.15. The molecular formula is C6H9Cl2FO. The van der Waals surface area contributed by atoms with E-state index < -0.39 is 11.9 Å². The van der Waals surface area contributed by atoms with Gasteiger partial charge in [0.05, 0.1) is 0 Å². The molecule has 1 atom stereocenters. The highest BCUT2D eigenvalue weighted by Gasteiger charge is 2.10. The molecule has 0 aromatic rings. The number of halogens is 3. The van der Waals surface area contributed by atoms with Crippen LogP contribution in [-0.2, 0) is 4.74 Å². The van der Waals surface area contributed by atoms with Crippen LogP contribution in [0.5, 0.6) is 0 Å². The van der Waals surface area contributed by atoms with Crippen LogP contribution in [-0.4, -0.2) is 12.7 Å². The first-order chi connectivity index (χ1) is 4.59. The van der Waals surface area contributed by atoms with E-state index in [1.807, 2.05) is 0 Å². The molecule has 0 aliphatic carbocycles. The molecule has 0 aromatic heterocycles. The number of hydrogen-bond acceptors (Lipinski definition) is 1. The second-order valence-electron chi connectivity index (χ2n) is 1.71. The summed E-state index contributed by atoms with van der Waals surface area (Å²) in [6.07, 6.45) is -0.644. The van der Waals surface area contributed by atoms with Gasteiger partial charge in [-0.3, -0.25) is 0 Å². The summed E-state index contributed by atoms with van der Waals surface area (Å²) in [7, 11) is 0. The van der Waals surface area contributed by atoms with Crippen LogP contribution in [0.15, 0.2) is 10.3 Å². The second-order valence-corrected chi connectivity index (χ2v) is 2.66. The normalized spacial score (nSPS) is 12.9. The maximum Gasteiger partial charge on any atom is 0.158 e. The predicted molar refractivity (Wildman–Crippen MR) is 40.9 cm³/mol. The third kappa shape index (κ3) is 3.40. The van der Waals surface area contributed by atoms with E-state index in [2.05, 4.69) is 0 Å². The van der Waals surface area contributed by atoms with Gasteiger partial charge in [-0.2, -0.15) is 0 Å². The summed E-state index contributed by atoms with van der Waals surface area (Å²) in [5.74, 6) is -0.620. The quantitative estimate of drug-likeness (QED) is 0.659. The fourth-order valence-corrected chi connectivity index (χ4v) is 0.784. The Morgan fingerprint density at radius 1 is 1.60 bits per heavy atom. The van der Waals surface area contributed by atoms with Gasteiger partial charge in [0.15, 0.2) is 5.83 Å². The fourth-order valence-electron chi connectivity index (χ4n) is 0.477. The van der Waals surface area contributed by atoms with Crippen LogP contribution < -0.4 is 0 Å². The molecule has 0 saturated carbocycles. The van der Waals surface area contributed by atoms with Crippen molar-refractivity contribution in [3.05, 3.63) is 10.3 Å². The minimum atomic E-state index is -0.644. The maximum atomic E-state index is 12.6. The van der Waals surface area contributed by atoms with E-state index in [0.29, 0.717) is 6.61 Å². The predicted octanol–water partition coefficient (Wildman–Crippen LogP) is 3.03. The van der Waals surface area contributed by atoms with E-state index in [9.17, 15) is 4.39 Å². The monoisotopic (exact) mass is 186 g/mol. The molecule has 1 nitrogen and oxygen atoms in total. The fraction of sp³-hybridized carbons (Fsp3) is 0.667. The molecule has 4 heteroatoms. The van der Waals surface area contributed by atoms with E-state index in [0.717, 1.165) is 0 Å². The van der Waals surface area contributed by atoms with E-state index >= 15 is 0 Å². The average molecular weight is 187 g/mol. The molecule has 10 heavy (non-hydrogen) atoms. The van der Waals surface area contributed by atoms with Crippen molar-refractivity contribution in [3.8, 4) is 0 Å². The molecule has 0 amide bonds. The lowest BCUT2D eigenvalue weighted by Gasteiger charge is -2.07. The Balaban J connectivity index is 3.94. The van der Waals surface area contributed by atoms with Crippen molar-refractivity contribution in [1.29, 1.82) is 0 Å². The van der Waals surface area contributed by atoms with Crippen molar-refractivity contribution in [3.63, 3.8) is 0 Å². The summed E-state index contributed by atoms with van der Waals surface area (Å²) in [6.45, 7) is 3.76. The summed E-state index contributed by atoms with van der Waals surface area (Å²) in [5, 5.41) is 0. The Morgan fingerprint density at radius 2 is 2.10 bits per heavy atom. The second kappa shape index (κ2) is 4.94. The van der Waals surface area contributed by atoms with Crippen molar-refractivity contribution in [2.45, 2.75) is 20.0 Å². The lowest BCUT2D eigenvalue weighted by atomic mass is 10.4. The molecule has 0 rings (SSSR count). The maximum absolute atomic E-state index is 12.6. The van der Waals surface area contributed by atoms with Gasteiger partial charge >= 0.3 is 0 Å². The van der Waals surface area contributed by atoms with E-state index in [4.69, 9.17) is 27.9 Å². The highest BCUT2D eigenvalue weighted by Crippen LogP contribution is 2.19. The van der Waals surface area contributed by atoms with Crippen LogP contribution in [0.25, 0.3) is 0 Å². The van der Waals surface area contributed by atoms with Gasteiger partial charge in [-0.25, -0.2) is 4.39 Å². The van der Waals surface area contributed by atoms with Crippen molar-refractivity contribution >= 4 is 23.2 Å². The molecule has 0 saturated heterocycles. The molecule has 0 aliphatic heterocycles. The molecule has 0 heterocycles. The number of ether oxygens (including phenoxy) is 1. The summed E-state index contributed by atoms with van der Waals surface area (Å²) >= 11 is 10.3. The van der Waals surface area contributed by atoms with Crippen LogP contribution in [0.2, 0.25) is 0 Å². The highest BCUT2D eigenvalue weighted by molar-refractivity contribution is 6.56. The lowest BCUT2D eigenvalue weighted by Crippen LogP contribution is -2.08. The standard InChI is InChI=1S/C6H9Cl2FO/c1-3-10-4(2)5(9)6(7)8/h4H,3H2,1-2H3. The Morgan fingerprint density at radius 3 is 2.40 bits per heavy atom. The van der Waals surface area contributed by atoms with Crippen molar-refractivity contribution in [1.82, 2.24) is 0 Å². The molecule has 0 N–H and O–H groups in total. The van der Waals surface area contributed by atoms with Crippen molar-refractivity contribution in [2.24, 2.45) is 0 Å². The van der Waals surface area contributed by atoms with Gasteiger partial charge in [0, 0.05) is 6.61 Å². The molecular weight excluding hydrogens is 178 g/mol. The van der Waals surface area contributed by atoms with Crippen LogP contribution >= 0.6 is 23.2 Å². The molecule has 0 radical (unpaired) electrons. The topological polar surface area (TPSA) is 9.23 Å². The van der Waals surface area contributed by atoms with Crippen LogP contribution in [0.4, 0.5) is 4.39 Å². The third-order valence-electron chi connectivity index (χ3n) is 0.954. The molecule has 0 bridgehead atoms. The molecule has 0 fully saturated rings. The van der Waals surface area contributed by atoms with Crippen molar-refractivity contribution in [2.75, 3.05) is 6.61 Å². The van der Waals surface area contributed by atoms with Crippen LogP contribution in [0, 0.1) is 0 Å². The molecule has 0 aliphatic rings.